The zero-order chi connectivity index (χ0) is 13.0. The third-order valence-electron chi connectivity index (χ3n) is 2.63. The van der Waals surface area contributed by atoms with Gasteiger partial charge >= 0.3 is 0 Å². The van der Waals surface area contributed by atoms with Gasteiger partial charge in [-0.25, -0.2) is 8.78 Å². The number of ketones is 1. The molecule has 0 amide bonds. The fourth-order valence-corrected chi connectivity index (χ4v) is 1.76. The normalized spacial score (nSPS) is 10.3. The Hall–Kier alpha value is -2.03. The molecule has 0 aliphatic heterocycles. The molecule has 0 atom stereocenters. The highest BCUT2D eigenvalue weighted by Crippen LogP contribution is 2.10. The van der Waals surface area contributed by atoms with E-state index in [2.05, 4.69) is 0 Å². The summed E-state index contributed by atoms with van der Waals surface area (Å²) >= 11 is 0. The first kappa shape index (κ1) is 12.4. The van der Waals surface area contributed by atoms with Gasteiger partial charge in [0.15, 0.2) is 11.6 Å². The van der Waals surface area contributed by atoms with E-state index in [1.807, 2.05) is 30.3 Å². The van der Waals surface area contributed by atoms with Crippen molar-refractivity contribution in [3.63, 3.8) is 0 Å². The summed E-state index contributed by atoms with van der Waals surface area (Å²) in [5, 5.41) is 0. The molecule has 0 aromatic heterocycles. The SMILES string of the molecule is O=C(Cc1ccccc1)Cc1ccc(F)c(F)c1. The lowest BCUT2D eigenvalue weighted by Gasteiger charge is -2.02. The molecule has 0 bridgehead atoms. The molecule has 0 spiro atoms. The molecule has 0 heterocycles. The number of rotatable bonds is 4. The number of benzene rings is 2. The van der Waals surface area contributed by atoms with Crippen molar-refractivity contribution in [3.8, 4) is 0 Å². The van der Waals surface area contributed by atoms with Crippen molar-refractivity contribution >= 4 is 5.78 Å². The summed E-state index contributed by atoms with van der Waals surface area (Å²) < 4.78 is 25.7. The molecule has 2 rings (SSSR count). The van der Waals surface area contributed by atoms with Crippen LogP contribution in [-0.2, 0) is 17.6 Å². The van der Waals surface area contributed by atoms with Crippen molar-refractivity contribution in [2.75, 3.05) is 0 Å². The molecule has 18 heavy (non-hydrogen) atoms. The minimum atomic E-state index is -0.917. The van der Waals surface area contributed by atoms with E-state index >= 15 is 0 Å². The van der Waals surface area contributed by atoms with E-state index in [9.17, 15) is 13.6 Å². The summed E-state index contributed by atoms with van der Waals surface area (Å²) in [5.74, 6) is -1.83. The van der Waals surface area contributed by atoms with Crippen LogP contribution in [0.3, 0.4) is 0 Å². The van der Waals surface area contributed by atoms with Gasteiger partial charge in [-0.3, -0.25) is 4.79 Å². The lowest BCUT2D eigenvalue weighted by Crippen LogP contribution is -2.06. The molecular weight excluding hydrogens is 234 g/mol. The number of Topliss-reactive ketones (excluding diaryl/α,β-unsaturated/α-hetero) is 1. The third-order valence-corrected chi connectivity index (χ3v) is 2.63. The van der Waals surface area contributed by atoms with Crippen LogP contribution < -0.4 is 0 Å². The second-order valence-electron chi connectivity index (χ2n) is 4.13. The number of carbonyl (C=O) groups is 1. The van der Waals surface area contributed by atoms with Crippen LogP contribution in [0.1, 0.15) is 11.1 Å². The fourth-order valence-electron chi connectivity index (χ4n) is 1.76. The number of halogens is 2. The molecule has 0 saturated heterocycles. The quantitative estimate of drug-likeness (QED) is 0.808. The van der Waals surface area contributed by atoms with E-state index in [0.717, 1.165) is 17.7 Å². The smallest absolute Gasteiger partial charge is 0.159 e. The molecule has 1 nitrogen and oxygen atoms in total. The van der Waals surface area contributed by atoms with Gasteiger partial charge in [0.1, 0.15) is 5.78 Å². The van der Waals surface area contributed by atoms with Gasteiger partial charge in [0, 0.05) is 12.8 Å². The van der Waals surface area contributed by atoms with Crippen molar-refractivity contribution in [2.24, 2.45) is 0 Å². The van der Waals surface area contributed by atoms with E-state index in [4.69, 9.17) is 0 Å². The summed E-state index contributed by atoms with van der Waals surface area (Å²) in [4.78, 5) is 11.8. The van der Waals surface area contributed by atoms with Crippen molar-refractivity contribution in [1.82, 2.24) is 0 Å². The molecule has 0 fully saturated rings. The topological polar surface area (TPSA) is 17.1 Å². The monoisotopic (exact) mass is 246 g/mol. The van der Waals surface area contributed by atoms with Crippen LogP contribution in [0.25, 0.3) is 0 Å². The Balaban J connectivity index is 2.01. The Labute approximate surface area is 104 Å². The molecule has 2 aromatic rings. The van der Waals surface area contributed by atoms with Gasteiger partial charge < -0.3 is 0 Å². The summed E-state index contributed by atoms with van der Waals surface area (Å²) in [5.41, 5.74) is 1.42. The van der Waals surface area contributed by atoms with E-state index in [1.54, 1.807) is 0 Å². The second kappa shape index (κ2) is 5.54. The van der Waals surface area contributed by atoms with Crippen LogP contribution in [0.15, 0.2) is 48.5 Å². The first-order valence-corrected chi connectivity index (χ1v) is 5.65. The average Bonchev–Trinajstić information content (AvgIpc) is 2.35. The van der Waals surface area contributed by atoms with Gasteiger partial charge in [-0.15, -0.1) is 0 Å². The zero-order valence-corrected chi connectivity index (χ0v) is 9.70. The molecular formula is C15H12F2O. The lowest BCUT2D eigenvalue weighted by molar-refractivity contribution is -0.117. The predicted molar refractivity (Wildman–Crippen MR) is 65.2 cm³/mol. The largest absolute Gasteiger partial charge is 0.299 e. The Bertz CT molecular complexity index is 550. The van der Waals surface area contributed by atoms with Gasteiger partial charge in [0.25, 0.3) is 0 Å². The van der Waals surface area contributed by atoms with Gasteiger partial charge in [0.05, 0.1) is 0 Å². The van der Waals surface area contributed by atoms with Crippen LogP contribution in [0, 0.1) is 11.6 Å². The molecule has 92 valence electrons. The average molecular weight is 246 g/mol. The van der Waals surface area contributed by atoms with Crippen molar-refractivity contribution in [2.45, 2.75) is 12.8 Å². The summed E-state index contributed by atoms with van der Waals surface area (Å²) in [6, 6.07) is 12.9. The minimum absolute atomic E-state index is 0.0211. The maximum Gasteiger partial charge on any atom is 0.159 e. The number of hydrogen-bond donors (Lipinski definition) is 0. The first-order chi connectivity index (χ1) is 8.65. The Morgan fingerprint density at radius 3 is 2.17 bits per heavy atom. The minimum Gasteiger partial charge on any atom is -0.299 e. The van der Waals surface area contributed by atoms with Crippen molar-refractivity contribution in [3.05, 3.63) is 71.3 Å². The summed E-state index contributed by atoms with van der Waals surface area (Å²) in [6.07, 6.45) is 0.423. The predicted octanol–water partition coefficient (Wildman–Crippen LogP) is 3.32. The Kier molecular flexibility index (Phi) is 3.82. The zero-order valence-electron chi connectivity index (χ0n) is 9.70. The molecule has 3 heteroatoms. The molecule has 0 saturated carbocycles. The van der Waals surface area contributed by atoms with E-state index in [-0.39, 0.29) is 12.2 Å². The van der Waals surface area contributed by atoms with E-state index in [1.165, 1.54) is 6.07 Å². The van der Waals surface area contributed by atoms with Crippen LogP contribution >= 0.6 is 0 Å². The molecule has 0 N–H and O–H groups in total. The summed E-state index contributed by atoms with van der Waals surface area (Å²) in [6.45, 7) is 0. The van der Waals surface area contributed by atoms with Crippen molar-refractivity contribution in [1.29, 1.82) is 0 Å². The highest BCUT2D eigenvalue weighted by Gasteiger charge is 2.08. The Morgan fingerprint density at radius 1 is 0.833 bits per heavy atom. The summed E-state index contributed by atoms with van der Waals surface area (Å²) in [7, 11) is 0. The fraction of sp³-hybridized carbons (Fsp3) is 0.133. The van der Waals surface area contributed by atoms with Crippen LogP contribution in [-0.4, -0.2) is 5.78 Å². The maximum atomic E-state index is 13.0. The van der Waals surface area contributed by atoms with Gasteiger partial charge in [-0.1, -0.05) is 36.4 Å². The maximum absolute atomic E-state index is 13.0. The standard InChI is InChI=1S/C15H12F2O/c16-14-7-6-12(10-15(14)17)9-13(18)8-11-4-2-1-3-5-11/h1-7,10H,8-9H2. The number of hydrogen-bond acceptors (Lipinski definition) is 1. The second-order valence-corrected chi connectivity index (χ2v) is 4.13. The van der Waals surface area contributed by atoms with Crippen LogP contribution in [0.2, 0.25) is 0 Å². The molecule has 2 aromatic carbocycles. The van der Waals surface area contributed by atoms with Crippen LogP contribution in [0.5, 0.6) is 0 Å². The van der Waals surface area contributed by atoms with E-state index in [0.29, 0.717) is 12.0 Å². The van der Waals surface area contributed by atoms with E-state index < -0.39 is 11.6 Å². The first-order valence-electron chi connectivity index (χ1n) is 5.65. The van der Waals surface area contributed by atoms with Gasteiger partial charge in [-0.2, -0.15) is 0 Å². The molecule has 0 radical (unpaired) electrons. The lowest BCUT2D eigenvalue weighted by atomic mass is 10.0. The molecule has 0 unspecified atom stereocenters. The highest BCUT2D eigenvalue weighted by atomic mass is 19.2. The highest BCUT2D eigenvalue weighted by molar-refractivity contribution is 5.83. The van der Waals surface area contributed by atoms with Crippen LogP contribution in [0.4, 0.5) is 8.78 Å². The van der Waals surface area contributed by atoms with Gasteiger partial charge in [0.2, 0.25) is 0 Å². The molecule has 0 aliphatic carbocycles. The van der Waals surface area contributed by atoms with Crippen molar-refractivity contribution < 1.29 is 13.6 Å². The Morgan fingerprint density at radius 2 is 1.50 bits per heavy atom. The molecule has 0 aliphatic rings. The third kappa shape index (κ3) is 3.23. The van der Waals surface area contributed by atoms with Gasteiger partial charge in [-0.05, 0) is 23.3 Å². The number of carbonyl (C=O) groups excluding carboxylic acids is 1.